The summed E-state index contributed by atoms with van der Waals surface area (Å²) in [6, 6.07) is 0. The second kappa shape index (κ2) is 7.70. The molecule has 1 N–H and O–H groups in total. The molecule has 0 aliphatic heterocycles. The van der Waals surface area contributed by atoms with Gasteiger partial charge in [-0.25, -0.2) is 9.97 Å². The summed E-state index contributed by atoms with van der Waals surface area (Å²) < 4.78 is 4.98. The Hall–Kier alpha value is -1.34. The lowest BCUT2D eigenvalue weighted by Gasteiger charge is -2.18. The third-order valence-corrected chi connectivity index (χ3v) is 6.07. The van der Waals surface area contributed by atoms with Crippen molar-refractivity contribution in [2.75, 3.05) is 24.2 Å². The van der Waals surface area contributed by atoms with Crippen LogP contribution in [0.2, 0.25) is 0 Å². The molecular formula is C17H23N3O2S2. The Balaban J connectivity index is 1.93. The molecule has 0 bridgehead atoms. The summed E-state index contributed by atoms with van der Waals surface area (Å²) in [5, 5.41) is 5.20. The molecule has 7 heteroatoms. The molecule has 0 fully saturated rings. The van der Waals surface area contributed by atoms with Crippen LogP contribution >= 0.6 is 23.1 Å². The van der Waals surface area contributed by atoms with Crippen molar-refractivity contribution in [2.45, 2.75) is 45.2 Å². The Kier molecular flexibility index (Phi) is 5.61. The first-order chi connectivity index (χ1) is 11.6. The van der Waals surface area contributed by atoms with E-state index in [1.54, 1.807) is 11.3 Å². The van der Waals surface area contributed by atoms with E-state index in [4.69, 9.17) is 9.72 Å². The number of fused-ring (bicyclic) bond motifs is 3. The summed E-state index contributed by atoms with van der Waals surface area (Å²) in [5.74, 6) is 1.66. The Morgan fingerprint density at radius 1 is 1.42 bits per heavy atom. The van der Waals surface area contributed by atoms with Gasteiger partial charge in [0.05, 0.1) is 17.7 Å². The molecule has 1 atom stereocenters. The first-order valence-corrected chi connectivity index (χ1v) is 10.3. The van der Waals surface area contributed by atoms with Crippen molar-refractivity contribution in [3.05, 3.63) is 10.4 Å². The van der Waals surface area contributed by atoms with Crippen LogP contribution in [0.1, 0.15) is 37.6 Å². The number of aryl methyl sites for hydroxylation is 1. The fourth-order valence-corrected chi connectivity index (χ4v) is 5.09. The maximum atomic E-state index is 11.6. The predicted octanol–water partition coefficient (Wildman–Crippen LogP) is 3.90. The highest BCUT2D eigenvalue weighted by atomic mass is 32.2. The maximum absolute atomic E-state index is 11.6. The van der Waals surface area contributed by atoms with Crippen LogP contribution in [0.15, 0.2) is 5.16 Å². The first-order valence-electron chi connectivity index (χ1n) is 8.46. The lowest BCUT2D eigenvalue weighted by Crippen LogP contribution is -2.10. The zero-order valence-electron chi connectivity index (χ0n) is 14.3. The summed E-state index contributed by atoms with van der Waals surface area (Å²) in [4.78, 5) is 23.4. The van der Waals surface area contributed by atoms with Gasteiger partial charge in [0, 0.05) is 11.4 Å². The van der Waals surface area contributed by atoms with Gasteiger partial charge in [0.25, 0.3) is 0 Å². The van der Waals surface area contributed by atoms with E-state index in [1.165, 1.54) is 34.0 Å². The van der Waals surface area contributed by atoms with E-state index in [9.17, 15) is 4.79 Å². The first kappa shape index (κ1) is 17.5. The van der Waals surface area contributed by atoms with Crippen molar-refractivity contribution in [1.29, 1.82) is 0 Å². The number of carbonyl (C=O) groups excluding carboxylic acids is 1. The number of anilines is 1. The molecule has 3 rings (SSSR count). The van der Waals surface area contributed by atoms with Crippen LogP contribution in [0.25, 0.3) is 10.2 Å². The number of esters is 1. The molecule has 24 heavy (non-hydrogen) atoms. The molecule has 0 saturated carbocycles. The molecule has 0 spiro atoms. The molecule has 2 heterocycles. The maximum Gasteiger partial charge on any atom is 0.316 e. The molecule has 5 nitrogen and oxygen atoms in total. The largest absolute Gasteiger partial charge is 0.465 e. The minimum absolute atomic E-state index is 0.226. The molecular weight excluding hydrogens is 342 g/mol. The third-order valence-electron chi connectivity index (χ3n) is 4.10. The third kappa shape index (κ3) is 3.67. The fraction of sp³-hybridized carbons (Fsp3) is 0.588. The van der Waals surface area contributed by atoms with Gasteiger partial charge in [-0.15, -0.1) is 11.3 Å². The second-order valence-corrected chi connectivity index (χ2v) is 8.04. The summed E-state index contributed by atoms with van der Waals surface area (Å²) in [7, 11) is 0. The van der Waals surface area contributed by atoms with Gasteiger partial charge in [-0.1, -0.05) is 18.7 Å². The lowest BCUT2D eigenvalue weighted by atomic mass is 9.89. The minimum Gasteiger partial charge on any atom is -0.465 e. The Bertz CT molecular complexity index is 745. The number of rotatable bonds is 6. The van der Waals surface area contributed by atoms with Gasteiger partial charge >= 0.3 is 5.97 Å². The van der Waals surface area contributed by atoms with Gasteiger partial charge < -0.3 is 10.1 Å². The zero-order chi connectivity index (χ0) is 17.1. The van der Waals surface area contributed by atoms with E-state index in [1.807, 2.05) is 6.92 Å². The fourth-order valence-electron chi connectivity index (χ4n) is 3.01. The van der Waals surface area contributed by atoms with E-state index in [-0.39, 0.29) is 11.7 Å². The highest BCUT2D eigenvalue weighted by Crippen LogP contribution is 2.40. The van der Waals surface area contributed by atoms with Crippen LogP contribution in [0.4, 0.5) is 5.82 Å². The van der Waals surface area contributed by atoms with Crippen molar-refractivity contribution in [2.24, 2.45) is 5.92 Å². The number of nitrogens with zero attached hydrogens (tertiary/aromatic N) is 2. The molecule has 2 aromatic rings. The standard InChI is InChI=1S/C17H23N3O2S2/c1-4-18-15-14-11-7-6-10(3)8-12(11)24-16(14)20-17(19-15)23-9-13(21)22-5-2/h10H,4-9H2,1-3H3,(H,18,19,20)/t10-/m0/s1. The van der Waals surface area contributed by atoms with E-state index >= 15 is 0 Å². The van der Waals surface area contributed by atoms with Crippen LogP contribution < -0.4 is 5.32 Å². The van der Waals surface area contributed by atoms with Crippen molar-refractivity contribution in [1.82, 2.24) is 9.97 Å². The topological polar surface area (TPSA) is 64.1 Å². The van der Waals surface area contributed by atoms with Crippen LogP contribution in [-0.2, 0) is 22.4 Å². The second-order valence-electron chi connectivity index (χ2n) is 6.01. The summed E-state index contributed by atoms with van der Waals surface area (Å²) in [5.41, 5.74) is 1.42. The van der Waals surface area contributed by atoms with E-state index in [0.717, 1.165) is 36.0 Å². The Labute approximate surface area is 150 Å². The van der Waals surface area contributed by atoms with Crippen molar-refractivity contribution >= 4 is 45.1 Å². The lowest BCUT2D eigenvalue weighted by molar-refractivity contribution is -0.139. The smallest absolute Gasteiger partial charge is 0.316 e. The molecule has 0 saturated heterocycles. The number of hydrogen-bond donors (Lipinski definition) is 1. The molecule has 0 amide bonds. The van der Waals surface area contributed by atoms with Crippen molar-refractivity contribution < 1.29 is 9.53 Å². The molecule has 1 aliphatic carbocycles. The van der Waals surface area contributed by atoms with Gasteiger partial charge in [-0.05, 0) is 44.6 Å². The van der Waals surface area contributed by atoms with Gasteiger partial charge in [-0.3, -0.25) is 4.79 Å². The number of nitrogens with one attached hydrogen (secondary N) is 1. The SMILES string of the molecule is CCNc1nc(SCC(=O)OCC)nc2sc3c(c12)CC[C@H](C)C3. The summed E-state index contributed by atoms with van der Waals surface area (Å²) in [6.45, 7) is 7.41. The molecule has 1 aliphatic rings. The average molecular weight is 366 g/mol. The van der Waals surface area contributed by atoms with Crippen LogP contribution in [0.5, 0.6) is 0 Å². The Morgan fingerprint density at radius 2 is 2.25 bits per heavy atom. The molecule has 0 radical (unpaired) electrons. The van der Waals surface area contributed by atoms with Gasteiger partial charge in [0.1, 0.15) is 10.6 Å². The van der Waals surface area contributed by atoms with Crippen molar-refractivity contribution in [3.8, 4) is 0 Å². The van der Waals surface area contributed by atoms with Crippen LogP contribution in [0.3, 0.4) is 0 Å². The number of ether oxygens (including phenoxy) is 1. The zero-order valence-corrected chi connectivity index (χ0v) is 16.0. The highest BCUT2D eigenvalue weighted by molar-refractivity contribution is 7.99. The van der Waals surface area contributed by atoms with Gasteiger partial charge in [0.2, 0.25) is 0 Å². The Morgan fingerprint density at radius 3 is 3.00 bits per heavy atom. The average Bonchev–Trinajstić information content (AvgIpc) is 2.91. The van der Waals surface area contributed by atoms with Crippen molar-refractivity contribution in [3.63, 3.8) is 0 Å². The molecule has 2 aromatic heterocycles. The number of hydrogen-bond acceptors (Lipinski definition) is 7. The monoisotopic (exact) mass is 365 g/mol. The summed E-state index contributed by atoms with van der Waals surface area (Å²) >= 11 is 3.12. The van der Waals surface area contributed by atoms with Crippen LogP contribution in [0, 0.1) is 5.92 Å². The highest BCUT2D eigenvalue weighted by Gasteiger charge is 2.24. The normalized spacial score (nSPS) is 16.9. The molecule has 0 aromatic carbocycles. The predicted molar refractivity (Wildman–Crippen MR) is 100 cm³/mol. The molecule has 0 unspecified atom stereocenters. The van der Waals surface area contributed by atoms with E-state index in [0.29, 0.717) is 11.8 Å². The van der Waals surface area contributed by atoms with E-state index < -0.39 is 0 Å². The van der Waals surface area contributed by atoms with Crippen LogP contribution in [-0.4, -0.2) is 34.8 Å². The number of thioether (sulfide) groups is 1. The number of thiophene rings is 1. The molecule has 130 valence electrons. The van der Waals surface area contributed by atoms with Gasteiger partial charge in [-0.2, -0.15) is 0 Å². The minimum atomic E-state index is -0.226. The number of carbonyl (C=O) groups is 1. The summed E-state index contributed by atoms with van der Waals surface area (Å²) in [6.07, 6.45) is 3.46. The van der Waals surface area contributed by atoms with E-state index in [2.05, 4.69) is 24.1 Å². The van der Waals surface area contributed by atoms with Gasteiger partial charge in [0.15, 0.2) is 5.16 Å². The quantitative estimate of drug-likeness (QED) is 0.476. The number of aromatic nitrogens is 2.